The zero-order chi connectivity index (χ0) is 91.8. The van der Waals surface area contributed by atoms with Gasteiger partial charge in [-0.1, -0.05) is 261 Å². The molecule has 21 heteroatoms. The van der Waals surface area contributed by atoms with Crippen molar-refractivity contribution in [2.24, 2.45) is 0 Å². The first-order chi connectivity index (χ1) is 54.8. The van der Waals surface area contributed by atoms with Crippen LogP contribution in [0.3, 0.4) is 0 Å². The van der Waals surface area contributed by atoms with Crippen molar-refractivity contribution in [1.82, 2.24) is 70.2 Å². The number of thiophene rings is 1. The molecule has 0 aliphatic heterocycles. The Hall–Kier alpha value is -7.43. The summed E-state index contributed by atoms with van der Waals surface area (Å²) in [7, 11) is 0. The fourth-order valence-corrected chi connectivity index (χ4v) is 20.8. The third-order valence-corrected chi connectivity index (χ3v) is 26.9. The summed E-state index contributed by atoms with van der Waals surface area (Å²) in [4.78, 5) is 27.0. The van der Waals surface area contributed by atoms with Gasteiger partial charge in [0, 0.05) is 37.6 Å². The number of hydrogen-bond donors (Lipinski definition) is 0. The molecule has 5 aromatic carbocycles. The number of benzene rings is 5. The Bertz CT molecular complexity index is 5650. The summed E-state index contributed by atoms with van der Waals surface area (Å²) >= 11 is 7.10. The van der Waals surface area contributed by atoms with Gasteiger partial charge in [-0.05, 0) is 224 Å². The lowest BCUT2D eigenvalue weighted by Gasteiger charge is -2.29. The van der Waals surface area contributed by atoms with E-state index in [9.17, 15) is 0 Å². The lowest BCUT2D eigenvalue weighted by molar-refractivity contribution is 0.314. The summed E-state index contributed by atoms with van der Waals surface area (Å²) in [6, 6.07) is 4.69. The summed E-state index contributed by atoms with van der Waals surface area (Å²) in [5.74, 6) is 0. The maximum Gasteiger partial charge on any atom is 0.139 e. The molecular weight excluding hydrogens is 1590 g/mol. The Kier molecular flexibility index (Phi) is 26.9. The van der Waals surface area contributed by atoms with E-state index in [2.05, 4.69) is 346 Å². The first-order valence-electron chi connectivity index (χ1n) is 42.9. The van der Waals surface area contributed by atoms with E-state index < -0.39 is 0 Å². The summed E-state index contributed by atoms with van der Waals surface area (Å²) < 4.78 is 41.8. The van der Waals surface area contributed by atoms with Crippen LogP contribution in [0.1, 0.15) is 377 Å². The molecule has 0 N–H and O–H groups in total. The van der Waals surface area contributed by atoms with Gasteiger partial charge in [0.2, 0.25) is 0 Å². The SMILES string of the molecule is Cc1c(C)c(C(C)(C)C)c2nonc2c1C(C)(C)C.Cc1c(C)c(C(C)(C)C)c2nsnc2c1C(C)(C)C.Cc1cc2c(C(C)(C)C)c3nsnc3c(C(C)(C)C)c2cc1C.Cc1nc(C(C)(C)C)c2nsnc2c1C(C)(C)C.Cc1nc2c(C(C)(C)C)c3nsnc3c(C(C)(C)C)c2nc1C.Cc1nc2c(C(C)(C)C)sc(C(C)(C)C)c2nc1C. The summed E-state index contributed by atoms with van der Waals surface area (Å²) in [5.41, 5.74) is 40.3. The van der Waals surface area contributed by atoms with E-state index in [4.69, 9.17) is 38.3 Å². The molecule has 0 radical (unpaired) electrons. The minimum Gasteiger partial charge on any atom is -0.255 e. The summed E-state index contributed by atoms with van der Waals surface area (Å²) in [6.07, 6.45) is 0. The lowest BCUT2D eigenvalue weighted by atomic mass is 9.75. The molecule has 0 fully saturated rings. The number of rotatable bonds is 0. The normalized spacial score (nSPS) is 13.2. The summed E-state index contributed by atoms with van der Waals surface area (Å²) in [6.45, 7) is 104. The van der Waals surface area contributed by atoms with E-state index in [1.807, 2.05) is 39.0 Å². The van der Waals surface area contributed by atoms with Crippen LogP contribution in [0.15, 0.2) is 16.8 Å². The molecule has 0 bridgehead atoms. The smallest absolute Gasteiger partial charge is 0.139 e. The van der Waals surface area contributed by atoms with Gasteiger partial charge in [0.15, 0.2) is 0 Å². The second-order valence-electron chi connectivity index (χ2n) is 46.2. The van der Waals surface area contributed by atoms with Crippen LogP contribution in [0.5, 0.6) is 0 Å². The quantitative estimate of drug-likeness (QED) is 0.138. The van der Waals surface area contributed by atoms with Gasteiger partial charge in [-0.3, -0.25) is 4.98 Å². The lowest BCUT2D eigenvalue weighted by Crippen LogP contribution is -2.20. The van der Waals surface area contributed by atoms with E-state index in [-0.39, 0.29) is 65.0 Å². The van der Waals surface area contributed by atoms with Gasteiger partial charge in [0.1, 0.15) is 66.2 Å². The molecule has 9 aromatic heterocycles. The maximum absolute atomic E-state index is 5.05. The Morgan fingerprint density at radius 2 is 0.430 bits per heavy atom. The molecule has 654 valence electrons. The van der Waals surface area contributed by atoms with Crippen LogP contribution >= 0.6 is 58.2 Å². The van der Waals surface area contributed by atoms with Gasteiger partial charge in [-0.25, -0.2) is 24.6 Å². The summed E-state index contributed by atoms with van der Waals surface area (Å²) in [5, 5.41) is 11.0. The Morgan fingerprint density at radius 3 is 0.678 bits per heavy atom. The van der Waals surface area contributed by atoms with Crippen LogP contribution in [0, 0.1) is 76.2 Å². The first kappa shape index (κ1) is 97.4. The molecule has 0 atom stereocenters. The minimum absolute atomic E-state index is 0.00478. The molecule has 121 heavy (non-hydrogen) atoms. The first-order valence-corrected chi connectivity index (χ1v) is 46.6. The van der Waals surface area contributed by atoms with Gasteiger partial charge in [0.25, 0.3) is 0 Å². The second-order valence-corrected chi connectivity index (χ2v) is 49.3. The molecule has 14 aromatic rings. The standard InChI is InChI=1S/C20H26N2S.C18H24N4S.C16H24N2O.2C16H24N2S.C14H21N3S/c1-11-9-13-14(10-12(11)2)16(20(6,7)8)18-17(21-23-22-18)15(13)19(3,4)5;1-9-10(2)20-14-12(18(6,7)8)16-15(21-23-22-16)11(13(14)19-9)17(3,4)5;1-9-10(2)12(16(6,7)8)14-13(17-19-18-14)11(9)15(3,4)5;1-9-10(2)18-12-11(17-9)13(15(3,4)5)19-14(12)16(6,7)8;1-9-10(2)12(16(6,7)8)14-13(17-19-18-14)11(9)15(3,4)5;1-8-9(13(2,3)4)10-11(17-18-16-10)12(15-8)14(5,6)7/h9-10H,1-8H3;1-8H3;3*1-8H3;1-7H3. The van der Waals surface area contributed by atoms with Crippen LogP contribution < -0.4 is 0 Å². The predicted octanol–water partition coefficient (Wildman–Crippen LogP) is 29.1. The van der Waals surface area contributed by atoms with Gasteiger partial charge in [-0.15, -0.1) is 11.3 Å². The van der Waals surface area contributed by atoms with Crippen molar-refractivity contribution in [2.75, 3.05) is 0 Å². The zero-order valence-electron chi connectivity index (χ0n) is 82.8. The van der Waals surface area contributed by atoms with Crippen LogP contribution in [0.2, 0.25) is 0 Å². The van der Waals surface area contributed by atoms with Gasteiger partial charge in [-0.2, -0.15) is 35.0 Å². The Labute approximate surface area is 745 Å². The fraction of sp³-hybridized carbons (Fsp3) is 0.590. The average molecular weight is 1730 g/mol. The molecule has 0 unspecified atom stereocenters. The number of aryl methyl sites for hydroxylation is 7. The maximum atomic E-state index is 5.05. The molecule has 0 aliphatic carbocycles. The molecule has 0 saturated carbocycles. The van der Waals surface area contributed by atoms with Crippen LogP contribution in [0.4, 0.5) is 0 Å². The molecule has 14 rings (SSSR count). The predicted molar refractivity (Wildman–Crippen MR) is 524 cm³/mol. The van der Waals surface area contributed by atoms with Crippen molar-refractivity contribution < 1.29 is 4.63 Å². The van der Waals surface area contributed by atoms with Crippen molar-refractivity contribution >= 4 is 146 Å². The van der Waals surface area contributed by atoms with E-state index in [0.717, 1.165) is 123 Å². The topological polar surface area (TPSA) is 206 Å². The third-order valence-electron chi connectivity index (χ3n) is 22.8. The van der Waals surface area contributed by atoms with Crippen molar-refractivity contribution in [3.05, 3.63) is 140 Å². The van der Waals surface area contributed by atoms with E-state index in [0.29, 0.717) is 0 Å². The molecule has 0 aliphatic rings. The van der Waals surface area contributed by atoms with Crippen molar-refractivity contribution in [3.63, 3.8) is 0 Å². The van der Waals surface area contributed by atoms with E-state index >= 15 is 0 Å². The highest BCUT2D eigenvalue weighted by Gasteiger charge is 2.38. The van der Waals surface area contributed by atoms with Gasteiger partial charge < -0.3 is 0 Å². The molecule has 16 nitrogen and oxygen atoms in total. The highest BCUT2D eigenvalue weighted by atomic mass is 32.1. The minimum atomic E-state index is -0.0704. The van der Waals surface area contributed by atoms with Gasteiger partial charge >= 0.3 is 0 Å². The molecule has 0 saturated heterocycles. The molecule has 0 amide bonds. The molecular formula is C100H143N15OS5. The number of aromatic nitrogens is 15. The van der Waals surface area contributed by atoms with Crippen molar-refractivity contribution in [1.29, 1.82) is 0 Å². The van der Waals surface area contributed by atoms with Crippen molar-refractivity contribution in [2.45, 2.75) is 390 Å². The number of fused-ring (bicyclic) bond motifs is 8. The molecule has 0 spiro atoms. The highest BCUT2D eigenvalue weighted by Crippen LogP contribution is 2.49. The van der Waals surface area contributed by atoms with Gasteiger partial charge in [0.05, 0.1) is 86.4 Å². The number of pyridine rings is 1. The van der Waals surface area contributed by atoms with E-state index in [1.165, 1.54) is 140 Å². The zero-order valence-corrected chi connectivity index (χ0v) is 86.9. The number of hydrogen-bond acceptors (Lipinski definition) is 21. The fourth-order valence-electron chi connectivity index (χ4n) is 17.3. The van der Waals surface area contributed by atoms with Crippen LogP contribution in [-0.2, 0) is 65.0 Å². The largest absolute Gasteiger partial charge is 0.255 e. The average Bonchev–Trinajstić information content (AvgIpc) is 1.75. The molecule has 9 heterocycles. The highest BCUT2D eigenvalue weighted by molar-refractivity contribution is 7.14. The number of nitrogens with zero attached hydrogens (tertiary/aromatic N) is 15. The van der Waals surface area contributed by atoms with Crippen LogP contribution in [-0.4, -0.2) is 70.2 Å². The van der Waals surface area contributed by atoms with E-state index in [1.54, 1.807) is 0 Å². The third kappa shape index (κ3) is 20.0. The van der Waals surface area contributed by atoms with Crippen LogP contribution in [0.25, 0.3) is 88.0 Å². The second kappa shape index (κ2) is 33.5. The Balaban J connectivity index is 0.000000165. The van der Waals surface area contributed by atoms with Crippen molar-refractivity contribution in [3.8, 4) is 0 Å². The monoisotopic (exact) mass is 1730 g/mol. The Morgan fingerprint density at radius 1 is 0.207 bits per heavy atom.